The maximum atomic E-state index is 14.3. The molecular formula is C47H78N10O12. The summed E-state index contributed by atoms with van der Waals surface area (Å²) in [6.45, 7) is 7.82. The highest BCUT2D eigenvalue weighted by Crippen LogP contribution is 2.17. The normalized spacial score (nSPS) is 23.4. The number of cyclic esters (lactones) is 1. The van der Waals surface area contributed by atoms with Crippen LogP contribution >= 0.6 is 0 Å². The molecular weight excluding hydrogens is 897 g/mol. The number of phenols is 1. The predicted molar refractivity (Wildman–Crippen MR) is 256 cm³/mol. The number of aliphatic hydroxyl groups is 2. The van der Waals surface area contributed by atoms with Crippen LogP contribution in [0.4, 0.5) is 0 Å². The highest BCUT2D eigenvalue weighted by atomic mass is 16.5. The minimum atomic E-state index is -1.72. The van der Waals surface area contributed by atoms with Gasteiger partial charge in [0.1, 0.15) is 48.1 Å². The van der Waals surface area contributed by atoms with E-state index in [4.69, 9.17) is 21.9 Å². The fourth-order valence-corrected chi connectivity index (χ4v) is 7.54. The Labute approximate surface area is 404 Å². The van der Waals surface area contributed by atoms with E-state index in [0.717, 1.165) is 57.8 Å². The van der Waals surface area contributed by atoms with Crippen LogP contribution in [-0.4, -0.2) is 130 Å². The van der Waals surface area contributed by atoms with Crippen LogP contribution in [-0.2, 0) is 49.5 Å². The van der Waals surface area contributed by atoms with E-state index < -0.39 is 121 Å². The van der Waals surface area contributed by atoms with Crippen LogP contribution in [0.3, 0.4) is 0 Å². The topological polar surface area (TPSA) is 369 Å². The average molecular weight is 975 g/mol. The number of primary amides is 1. The number of hydrogen-bond donors (Lipinski definition) is 12. The molecule has 1 aliphatic rings. The third-order valence-corrected chi connectivity index (χ3v) is 11.9. The molecule has 2 rings (SSSR count). The molecule has 3 unspecified atom stereocenters. The molecule has 0 saturated carbocycles. The lowest BCUT2D eigenvalue weighted by atomic mass is 9.96. The number of aromatic hydroxyl groups is 1. The second kappa shape index (κ2) is 31.2. The molecule has 1 aromatic carbocycles. The number of nitrogens with two attached hydrogens (primary N) is 3. The molecule has 1 aliphatic heterocycles. The number of carbonyl (C=O) groups is 8. The van der Waals surface area contributed by atoms with Crippen LogP contribution < -0.4 is 49.1 Å². The van der Waals surface area contributed by atoms with Gasteiger partial charge in [0.25, 0.3) is 0 Å². The van der Waals surface area contributed by atoms with Gasteiger partial charge in [0.15, 0.2) is 5.96 Å². The van der Waals surface area contributed by atoms with Crippen molar-refractivity contribution in [2.24, 2.45) is 28.1 Å². The summed E-state index contributed by atoms with van der Waals surface area (Å²) in [5.41, 5.74) is 16.5. The minimum absolute atomic E-state index is 0.0728. The number of unbranched alkanes of at least 4 members (excludes halogenated alkanes) is 9. The summed E-state index contributed by atoms with van der Waals surface area (Å²) >= 11 is 0. The maximum Gasteiger partial charge on any atom is 0.328 e. The van der Waals surface area contributed by atoms with E-state index in [1.165, 1.54) is 45.0 Å². The smallest absolute Gasteiger partial charge is 0.328 e. The second-order valence-electron chi connectivity index (χ2n) is 18.0. The molecule has 0 bridgehead atoms. The van der Waals surface area contributed by atoms with Crippen LogP contribution in [0.5, 0.6) is 5.75 Å². The van der Waals surface area contributed by atoms with Gasteiger partial charge in [-0.3, -0.25) is 38.6 Å². The second-order valence-corrected chi connectivity index (χ2v) is 18.0. The van der Waals surface area contributed by atoms with E-state index in [2.05, 4.69) is 36.9 Å². The highest BCUT2D eigenvalue weighted by Gasteiger charge is 2.38. The first kappa shape index (κ1) is 59.1. The molecule has 0 radical (unpaired) electrons. The fraction of sp³-hybridized carbons (Fsp3) is 0.681. The van der Waals surface area contributed by atoms with Crippen molar-refractivity contribution in [2.45, 2.75) is 192 Å². The molecule has 388 valence electrons. The van der Waals surface area contributed by atoms with Crippen molar-refractivity contribution in [3.63, 3.8) is 0 Å². The standard InChI is InChI=1S/C47H78N10O12/c1-6-27(2)38-43(65)54-35(25-31-18-20-32(59)21-19-31)42(64)57-39(29(4)58)44(66)53-34(22-23-36(48)61)41(63)52-28(3)46(68)69-30(5)40(45(67)56-38)55-37(62)26-33(60)17-15-13-11-9-7-8-10-12-14-16-24-51-47(49)50/h18-21,27-30,33-35,38-40,58-60H,6-17,22-26H2,1-5H3,(H2,48,61)(H,52,63)(H,53,66)(H,54,65)(H,55,62)(H,56,67)(H,57,64)(H4,49,50,51)/t27-,28-,29+,30?,33-,34-,35?,38-,39-,40?/m1/s1. The number of esters is 1. The van der Waals surface area contributed by atoms with Crippen molar-refractivity contribution in [1.29, 1.82) is 0 Å². The first-order chi connectivity index (χ1) is 32.6. The molecule has 1 fully saturated rings. The van der Waals surface area contributed by atoms with Gasteiger partial charge >= 0.3 is 5.97 Å². The van der Waals surface area contributed by atoms with E-state index in [1.807, 2.05) is 0 Å². The van der Waals surface area contributed by atoms with Gasteiger partial charge in [-0.15, -0.1) is 0 Å². The van der Waals surface area contributed by atoms with Crippen LogP contribution in [0.25, 0.3) is 0 Å². The Hall–Kier alpha value is -6.03. The number of nitrogens with one attached hydrogen (secondary N) is 6. The quantitative estimate of drug-likeness (QED) is 0.0277. The molecule has 10 atom stereocenters. The number of aliphatic hydroxyl groups excluding tert-OH is 2. The van der Waals surface area contributed by atoms with Crippen molar-refractivity contribution in [2.75, 3.05) is 6.54 Å². The number of phenolic OH excluding ortho intramolecular Hbond substituents is 1. The zero-order valence-electron chi connectivity index (χ0n) is 40.8. The van der Waals surface area contributed by atoms with Gasteiger partial charge in [-0.2, -0.15) is 0 Å². The van der Waals surface area contributed by atoms with Gasteiger partial charge in [-0.1, -0.05) is 90.2 Å². The number of benzene rings is 1. The van der Waals surface area contributed by atoms with Gasteiger partial charge in [-0.25, -0.2) is 4.79 Å². The third kappa shape index (κ3) is 22.8. The third-order valence-electron chi connectivity index (χ3n) is 11.9. The van der Waals surface area contributed by atoms with Crippen LogP contribution in [0.2, 0.25) is 0 Å². The SMILES string of the molecule is CC[C@@H](C)[C@H]1NC(=O)C(NC(=O)C[C@H](O)CCCCCCCCCCCCN=C(N)N)C(C)OC(=O)[C@@H](C)NC(=O)[C@@H](CCC(N)=O)NC(=O)[C@@H]([C@H](C)O)NC(=O)C(Cc2ccc(O)cc2)NC1=O. The van der Waals surface area contributed by atoms with Crippen molar-refractivity contribution in [3.8, 4) is 5.75 Å². The molecule has 69 heavy (non-hydrogen) atoms. The highest BCUT2D eigenvalue weighted by molar-refractivity contribution is 5.97. The molecule has 1 heterocycles. The first-order valence-corrected chi connectivity index (χ1v) is 24.1. The molecule has 0 aromatic heterocycles. The van der Waals surface area contributed by atoms with Crippen molar-refractivity contribution in [1.82, 2.24) is 31.9 Å². The number of nitrogens with zero attached hydrogens (tertiary/aromatic N) is 1. The molecule has 0 spiro atoms. The number of aliphatic imine (C=N–C) groups is 1. The maximum absolute atomic E-state index is 14.3. The van der Waals surface area contributed by atoms with Crippen LogP contribution in [0.1, 0.15) is 136 Å². The summed E-state index contributed by atoms with van der Waals surface area (Å²) in [6, 6.07) is -3.41. The van der Waals surface area contributed by atoms with E-state index in [0.29, 0.717) is 31.4 Å². The van der Waals surface area contributed by atoms with Crippen LogP contribution in [0, 0.1) is 5.92 Å². The summed E-state index contributed by atoms with van der Waals surface area (Å²) in [4.78, 5) is 112. The molecule has 1 saturated heterocycles. The number of ether oxygens (including phenoxy) is 1. The Bertz CT molecular complexity index is 1860. The van der Waals surface area contributed by atoms with Crippen molar-refractivity contribution < 1.29 is 58.4 Å². The van der Waals surface area contributed by atoms with Gasteiger partial charge < -0.3 is 69.2 Å². The number of rotatable bonds is 24. The Morgan fingerprint density at radius 3 is 1.83 bits per heavy atom. The molecule has 15 N–H and O–H groups in total. The zero-order valence-corrected chi connectivity index (χ0v) is 40.8. The molecule has 0 aliphatic carbocycles. The van der Waals surface area contributed by atoms with Gasteiger partial charge in [-0.05, 0) is 63.6 Å². The molecule has 22 heteroatoms. The summed E-state index contributed by atoms with van der Waals surface area (Å²) < 4.78 is 5.61. The summed E-state index contributed by atoms with van der Waals surface area (Å²) in [6.07, 6.45) is 5.21. The zero-order chi connectivity index (χ0) is 51.6. The molecule has 22 nitrogen and oxygen atoms in total. The summed E-state index contributed by atoms with van der Waals surface area (Å²) in [7, 11) is 0. The van der Waals surface area contributed by atoms with Crippen LogP contribution in [0.15, 0.2) is 29.3 Å². The Kier molecular flexibility index (Phi) is 26.7. The van der Waals surface area contributed by atoms with Crippen molar-refractivity contribution >= 4 is 53.3 Å². The first-order valence-electron chi connectivity index (χ1n) is 24.1. The fourth-order valence-electron chi connectivity index (χ4n) is 7.54. The number of amides is 7. The van der Waals surface area contributed by atoms with Crippen molar-refractivity contribution in [3.05, 3.63) is 29.8 Å². The average Bonchev–Trinajstić information content (AvgIpc) is 3.28. The number of guanidine groups is 1. The Morgan fingerprint density at radius 2 is 1.26 bits per heavy atom. The molecule has 7 amide bonds. The summed E-state index contributed by atoms with van der Waals surface area (Å²) in [5, 5.41) is 46.5. The minimum Gasteiger partial charge on any atom is -0.508 e. The Balaban J connectivity index is 2.36. The monoisotopic (exact) mass is 975 g/mol. The van der Waals surface area contributed by atoms with E-state index in [1.54, 1.807) is 13.8 Å². The molecule has 1 aromatic rings. The lowest BCUT2D eigenvalue weighted by Crippen LogP contribution is -2.62. The Morgan fingerprint density at radius 1 is 0.725 bits per heavy atom. The summed E-state index contributed by atoms with van der Waals surface area (Å²) in [5.74, 6) is -7.96. The number of carbonyl (C=O) groups excluding carboxylic acids is 8. The lowest BCUT2D eigenvalue weighted by molar-refractivity contribution is -0.155. The van der Waals surface area contributed by atoms with Gasteiger partial charge in [0.05, 0.1) is 18.6 Å². The lowest BCUT2D eigenvalue weighted by Gasteiger charge is -2.30. The van der Waals surface area contributed by atoms with E-state index in [9.17, 15) is 53.7 Å². The van der Waals surface area contributed by atoms with Gasteiger partial charge in [0, 0.05) is 19.4 Å². The van der Waals surface area contributed by atoms with E-state index in [-0.39, 0.29) is 24.6 Å². The van der Waals surface area contributed by atoms with E-state index >= 15 is 0 Å². The predicted octanol–water partition coefficient (Wildman–Crippen LogP) is -0.183. The largest absolute Gasteiger partial charge is 0.508 e. The van der Waals surface area contributed by atoms with Gasteiger partial charge in [0.2, 0.25) is 41.4 Å². The number of hydrogen-bond acceptors (Lipinski definition) is 13.